The Hall–Kier alpha value is -1.17. The van der Waals surface area contributed by atoms with Gasteiger partial charge in [0.2, 0.25) is 5.78 Å². The first-order valence-corrected chi connectivity index (χ1v) is 4.28. The van der Waals surface area contributed by atoms with E-state index in [4.69, 9.17) is 0 Å². The molecule has 1 rings (SSSR count). The summed E-state index contributed by atoms with van der Waals surface area (Å²) in [6, 6.07) is 0. The van der Waals surface area contributed by atoms with E-state index in [9.17, 15) is 18.4 Å². The molecule has 0 aromatic carbocycles. The molecule has 0 saturated carbocycles. The average molecular weight is 205 g/mol. The number of thiazole rings is 1. The maximum atomic E-state index is 11.7. The fraction of sp³-hybridized carbons (Fsp3) is 0.286. The predicted molar refractivity (Wildman–Crippen MR) is 42.1 cm³/mol. The maximum absolute atomic E-state index is 11.7. The lowest BCUT2D eigenvalue weighted by atomic mass is 10.2. The van der Waals surface area contributed by atoms with Crippen LogP contribution in [0.15, 0.2) is 10.9 Å². The zero-order valence-corrected chi connectivity index (χ0v) is 7.18. The molecule has 0 spiro atoms. The van der Waals surface area contributed by atoms with Gasteiger partial charge in [0.25, 0.3) is 6.43 Å². The van der Waals surface area contributed by atoms with Crippen LogP contribution in [-0.4, -0.2) is 23.0 Å². The summed E-state index contributed by atoms with van der Waals surface area (Å²) in [4.78, 5) is 25.1. The van der Waals surface area contributed by atoms with Crippen LogP contribution < -0.4 is 0 Å². The average Bonchev–Trinajstić information content (AvgIpc) is 2.55. The fourth-order valence-electron chi connectivity index (χ4n) is 0.676. The van der Waals surface area contributed by atoms with Gasteiger partial charge < -0.3 is 0 Å². The van der Waals surface area contributed by atoms with Gasteiger partial charge in [-0.15, -0.1) is 11.3 Å². The van der Waals surface area contributed by atoms with Crippen molar-refractivity contribution in [3.05, 3.63) is 16.6 Å². The lowest BCUT2D eigenvalue weighted by Crippen LogP contribution is -2.15. The minimum atomic E-state index is -3.08. The number of alkyl halides is 2. The van der Waals surface area contributed by atoms with Crippen LogP contribution >= 0.6 is 11.3 Å². The Morgan fingerprint density at radius 3 is 2.69 bits per heavy atom. The molecular weight excluding hydrogens is 200 g/mol. The van der Waals surface area contributed by atoms with E-state index in [2.05, 4.69) is 4.98 Å². The second-order valence-corrected chi connectivity index (χ2v) is 2.96. The highest BCUT2D eigenvalue weighted by Crippen LogP contribution is 2.07. The Morgan fingerprint density at radius 2 is 2.23 bits per heavy atom. The van der Waals surface area contributed by atoms with Crippen LogP contribution in [-0.2, 0) is 4.79 Å². The number of halogens is 2. The summed E-state index contributed by atoms with van der Waals surface area (Å²) in [7, 11) is 0. The van der Waals surface area contributed by atoms with Crippen LogP contribution in [0.5, 0.6) is 0 Å². The van der Waals surface area contributed by atoms with Gasteiger partial charge in [0, 0.05) is 5.38 Å². The van der Waals surface area contributed by atoms with Crippen molar-refractivity contribution in [1.82, 2.24) is 4.98 Å². The molecule has 0 unspecified atom stereocenters. The molecular formula is C7H5F2NO2S. The van der Waals surface area contributed by atoms with Crippen LogP contribution in [0.3, 0.4) is 0 Å². The van der Waals surface area contributed by atoms with Crippen LogP contribution in [0.25, 0.3) is 0 Å². The number of ketones is 2. The molecule has 3 nitrogen and oxygen atoms in total. The molecule has 13 heavy (non-hydrogen) atoms. The number of carbonyl (C=O) groups excluding carboxylic acids is 2. The molecule has 0 aliphatic carbocycles. The van der Waals surface area contributed by atoms with Gasteiger partial charge in [-0.05, 0) is 0 Å². The summed E-state index contributed by atoms with van der Waals surface area (Å²) in [6.45, 7) is 0. The molecule has 0 amide bonds. The summed E-state index contributed by atoms with van der Waals surface area (Å²) in [5.74, 6) is -2.02. The number of carbonyl (C=O) groups is 2. The quantitative estimate of drug-likeness (QED) is 0.553. The Balaban J connectivity index is 2.57. The summed E-state index contributed by atoms with van der Waals surface area (Å²) >= 11 is 1.17. The molecule has 1 aromatic heterocycles. The van der Waals surface area contributed by atoms with Crippen molar-refractivity contribution in [3.8, 4) is 0 Å². The summed E-state index contributed by atoms with van der Waals surface area (Å²) in [5, 5.41) is 1.42. The van der Waals surface area contributed by atoms with Crippen LogP contribution in [0, 0.1) is 0 Å². The molecule has 0 aliphatic heterocycles. The topological polar surface area (TPSA) is 47.0 Å². The van der Waals surface area contributed by atoms with Crippen LogP contribution in [0.1, 0.15) is 16.9 Å². The largest absolute Gasteiger partial charge is 0.296 e. The first kappa shape index (κ1) is 9.91. The molecule has 0 saturated heterocycles. The zero-order chi connectivity index (χ0) is 9.84. The second kappa shape index (κ2) is 4.18. The number of hydrogen-bond acceptors (Lipinski definition) is 4. The number of aromatic nitrogens is 1. The number of hydrogen-bond donors (Lipinski definition) is 0. The van der Waals surface area contributed by atoms with Crippen molar-refractivity contribution in [3.63, 3.8) is 0 Å². The molecule has 6 heteroatoms. The molecule has 0 radical (unpaired) electrons. The van der Waals surface area contributed by atoms with Gasteiger partial charge in [-0.1, -0.05) is 0 Å². The third kappa shape index (κ3) is 2.66. The van der Waals surface area contributed by atoms with Crippen molar-refractivity contribution in [2.24, 2.45) is 0 Å². The van der Waals surface area contributed by atoms with Crippen molar-refractivity contribution >= 4 is 22.9 Å². The number of rotatable bonds is 4. The van der Waals surface area contributed by atoms with E-state index in [-0.39, 0.29) is 5.69 Å². The van der Waals surface area contributed by atoms with E-state index in [1.807, 2.05) is 0 Å². The van der Waals surface area contributed by atoms with Gasteiger partial charge in [-0.2, -0.15) is 0 Å². The molecule has 0 bridgehead atoms. The standard InChI is InChI=1S/C7H5F2NO2S/c8-7(9)6(12)1-5(11)4-2-13-3-10-4/h2-3,7H,1H2. The fourth-order valence-corrected chi connectivity index (χ4v) is 1.23. The van der Waals surface area contributed by atoms with Crippen molar-refractivity contribution in [1.29, 1.82) is 0 Å². The van der Waals surface area contributed by atoms with Crippen LogP contribution in [0.4, 0.5) is 8.78 Å². The monoisotopic (exact) mass is 205 g/mol. The molecule has 0 atom stereocenters. The lowest BCUT2D eigenvalue weighted by molar-refractivity contribution is -0.128. The van der Waals surface area contributed by atoms with E-state index in [0.29, 0.717) is 0 Å². The SMILES string of the molecule is O=C(CC(=O)C(F)F)c1cscn1. The predicted octanol–water partition coefficient (Wildman–Crippen LogP) is 1.55. The van der Waals surface area contributed by atoms with E-state index >= 15 is 0 Å². The molecule has 0 fully saturated rings. The zero-order valence-electron chi connectivity index (χ0n) is 6.37. The Labute approximate surface area is 76.4 Å². The van der Waals surface area contributed by atoms with Gasteiger partial charge >= 0.3 is 0 Å². The minimum Gasteiger partial charge on any atom is -0.293 e. The van der Waals surface area contributed by atoms with Gasteiger partial charge in [0.1, 0.15) is 5.69 Å². The third-order valence-electron chi connectivity index (χ3n) is 1.30. The lowest BCUT2D eigenvalue weighted by Gasteiger charge is -1.95. The van der Waals surface area contributed by atoms with E-state index in [0.717, 1.165) is 0 Å². The van der Waals surface area contributed by atoms with E-state index in [1.165, 1.54) is 22.2 Å². The summed E-state index contributed by atoms with van der Waals surface area (Å²) in [6.07, 6.45) is -3.86. The maximum Gasteiger partial charge on any atom is 0.296 e. The van der Waals surface area contributed by atoms with Crippen molar-refractivity contribution in [2.45, 2.75) is 12.8 Å². The molecule has 70 valence electrons. The highest BCUT2D eigenvalue weighted by Gasteiger charge is 2.20. The van der Waals surface area contributed by atoms with Crippen molar-refractivity contribution in [2.75, 3.05) is 0 Å². The Bertz CT molecular complexity index is 310. The number of nitrogens with zero attached hydrogens (tertiary/aromatic N) is 1. The summed E-state index contributed by atoms with van der Waals surface area (Å²) in [5.41, 5.74) is 1.47. The second-order valence-electron chi connectivity index (χ2n) is 2.24. The summed E-state index contributed by atoms with van der Waals surface area (Å²) < 4.78 is 23.4. The highest BCUT2D eigenvalue weighted by molar-refractivity contribution is 7.07. The first-order valence-electron chi connectivity index (χ1n) is 3.33. The normalized spacial score (nSPS) is 10.4. The van der Waals surface area contributed by atoms with Gasteiger partial charge in [-0.25, -0.2) is 13.8 Å². The van der Waals surface area contributed by atoms with Gasteiger partial charge in [0.05, 0.1) is 11.9 Å². The van der Waals surface area contributed by atoms with Crippen LogP contribution in [0.2, 0.25) is 0 Å². The van der Waals surface area contributed by atoms with E-state index in [1.54, 1.807) is 0 Å². The molecule has 0 N–H and O–H groups in total. The molecule has 1 aromatic rings. The highest BCUT2D eigenvalue weighted by atomic mass is 32.1. The number of Topliss-reactive ketones (excluding diaryl/α,β-unsaturated/α-hetero) is 2. The van der Waals surface area contributed by atoms with Crippen molar-refractivity contribution < 1.29 is 18.4 Å². The first-order chi connectivity index (χ1) is 6.11. The Morgan fingerprint density at radius 1 is 1.54 bits per heavy atom. The van der Waals surface area contributed by atoms with E-state index < -0.39 is 24.4 Å². The molecule has 0 aliphatic rings. The Kier molecular flexibility index (Phi) is 3.18. The molecule has 1 heterocycles. The third-order valence-corrected chi connectivity index (χ3v) is 1.88. The minimum absolute atomic E-state index is 0.0685. The van der Waals surface area contributed by atoms with Gasteiger partial charge in [-0.3, -0.25) is 9.59 Å². The van der Waals surface area contributed by atoms with Gasteiger partial charge in [0.15, 0.2) is 5.78 Å². The smallest absolute Gasteiger partial charge is 0.293 e.